The first-order valence-electron chi connectivity index (χ1n) is 8.12. The number of hydrogen-bond donors (Lipinski definition) is 2. The Morgan fingerprint density at radius 3 is 2.48 bits per heavy atom. The molecule has 3 rings (SSSR count). The highest BCUT2D eigenvalue weighted by Crippen LogP contribution is 2.27. The third-order valence-electron chi connectivity index (χ3n) is 4.77. The fourth-order valence-electron chi connectivity index (χ4n) is 3.43. The average molecular weight is 287 g/mol. The molecule has 1 atom stereocenters. The van der Waals surface area contributed by atoms with Crippen molar-refractivity contribution in [1.29, 1.82) is 0 Å². The largest absolute Gasteiger partial charge is 0.381 e. The molecule has 1 aliphatic carbocycles. The highest BCUT2D eigenvalue weighted by Gasteiger charge is 2.29. The van der Waals surface area contributed by atoms with Crippen LogP contribution in [0.25, 0.3) is 0 Å². The molecule has 1 heterocycles. The van der Waals surface area contributed by atoms with Crippen molar-refractivity contribution in [3.05, 3.63) is 24.3 Å². The van der Waals surface area contributed by atoms with E-state index in [1.165, 1.54) is 25.7 Å². The quantitative estimate of drug-likeness (QED) is 0.822. The number of likely N-dealkylation sites (N-methyl/N-ethyl adjacent to an activating group) is 1. The number of rotatable bonds is 2. The Morgan fingerprint density at radius 2 is 1.76 bits per heavy atom. The van der Waals surface area contributed by atoms with E-state index in [0.717, 1.165) is 24.2 Å². The van der Waals surface area contributed by atoms with E-state index in [4.69, 9.17) is 0 Å². The van der Waals surface area contributed by atoms with E-state index in [2.05, 4.69) is 10.6 Å². The van der Waals surface area contributed by atoms with E-state index in [-0.39, 0.29) is 11.9 Å². The molecule has 1 unspecified atom stereocenters. The van der Waals surface area contributed by atoms with Crippen LogP contribution in [0.4, 0.5) is 11.4 Å². The summed E-state index contributed by atoms with van der Waals surface area (Å²) in [6.07, 6.45) is 7.44. The Balaban J connectivity index is 1.65. The Bertz CT molecular complexity index is 495. The summed E-state index contributed by atoms with van der Waals surface area (Å²) in [7, 11) is 1.97. The topological polar surface area (TPSA) is 44.4 Å². The number of nitrogens with one attached hydrogen (secondary N) is 2. The number of hydrogen-bond acceptors (Lipinski definition) is 3. The molecule has 4 heteroatoms. The first-order valence-corrected chi connectivity index (χ1v) is 8.12. The number of nitrogens with zero attached hydrogens (tertiary/aromatic N) is 1. The van der Waals surface area contributed by atoms with Gasteiger partial charge in [-0.2, -0.15) is 0 Å². The zero-order valence-corrected chi connectivity index (χ0v) is 12.8. The van der Waals surface area contributed by atoms with E-state index >= 15 is 0 Å². The minimum atomic E-state index is -0.159. The first kappa shape index (κ1) is 14.2. The molecule has 1 aliphatic heterocycles. The van der Waals surface area contributed by atoms with E-state index < -0.39 is 0 Å². The van der Waals surface area contributed by atoms with Gasteiger partial charge in [0, 0.05) is 19.6 Å². The number of amides is 1. The summed E-state index contributed by atoms with van der Waals surface area (Å²) in [4.78, 5) is 14.7. The lowest BCUT2D eigenvalue weighted by atomic mass is 10.1. The zero-order chi connectivity index (χ0) is 14.7. The Kier molecular flexibility index (Phi) is 4.32. The molecule has 1 aromatic carbocycles. The molecule has 0 saturated heterocycles. The number of para-hydroxylation sites is 2. The van der Waals surface area contributed by atoms with Crippen molar-refractivity contribution >= 4 is 17.3 Å². The molecule has 0 spiro atoms. The van der Waals surface area contributed by atoms with Crippen LogP contribution in [0.15, 0.2) is 24.3 Å². The van der Waals surface area contributed by atoms with Crippen molar-refractivity contribution in [2.75, 3.05) is 24.2 Å². The molecule has 0 aromatic heterocycles. The van der Waals surface area contributed by atoms with Crippen LogP contribution in [-0.4, -0.2) is 36.5 Å². The van der Waals surface area contributed by atoms with Crippen LogP contribution in [0, 0.1) is 0 Å². The zero-order valence-electron chi connectivity index (χ0n) is 12.8. The third kappa shape index (κ3) is 3.14. The van der Waals surface area contributed by atoms with Gasteiger partial charge >= 0.3 is 0 Å². The molecule has 1 amide bonds. The van der Waals surface area contributed by atoms with Gasteiger partial charge in [-0.3, -0.25) is 4.79 Å². The van der Waals surface area contributed by atoms with Gasteiger partial charge in [-0.05, 0) is 25.0 Å². The molecule has 0 bridgehead atoms. The maximum absolute atomic E-state index is 12.7. The Labute approximate surface area is 126 Å². The second-order valence-corrected chi connectivity index (χ2v) is 6.22. The predicted molar refractivity (Wildman–Crippen MR) is 86.6 cm³/mol. The summed E-state index contributed by atoms with van der Waals surface area (Å²) in [5.41, 5.74) is 2.11. The molecule has 21 heavy (non-hydrogen) atoms. The first-order chi connectivity index (χ1) is 10.3. The monoisotopic (exact) mass is 287 g/mol. The standard InChI is InChI=1S/C17H25N3O/c1-20(13-8-4-2-3-5-9-13)17(21)16-12-18-14-10-6-7-11-15(14)19-16/h6-7,10-11,13,16,18-19H,2-5,8-9,12H2,1H3. The number of carbonyl (C=O) groups is 1. The molecule has 1 saturated carbocycles. The van der Waals surface area contributed by atoms with Crippen molar-refractivity contribution in [2.45, 2.75) is 50.6 Å². The Hall–Kier alpha value is -1.71. The number of anilines is 2. The lowest BCUT2D eigenvalue weighted by Crippen LogP contribution is -2.49. The second-order valence-electron chi connectivity index (χ2n) is 6.22. The predicted octanol–water partition coefficient (Wildman–Crippen LogP) is 3.07. The summed E-state index contributed by atoms with van der Waals surface area (Å²) in [5, 5.41) is 6.73. The number of carbonyl (C=O) groups excluding carboxylic acids is 1. The molecular formula is C17H25N3O. The van der Waals surface area contributed by atoms with Crippen LogP contribution in [0.5, 0.6) is 0 Å². The Morgan fingerprint density at radius 1 is 1.10 bits per heavy atom. The molecule has 2 aliphatic rings. The molecule has 2 N–H and O–H groups in total. The van der Waals surface area contributed by atoms with Crippen molar-refractivity contribution in [3.8, 4) is 0 Å². The summed E-state index contributed by atoms with van der Waals surface area (Å²) in [6.45, 7) is 0.660. The van der Waals surface area contributed by atoms with Crippen molar-refractivity contribution in [3.63, 3.8) is 0 Å². The van der Waals surface area contributed by atoms with Gasteiger partial charge in [-0.15, -0.1) is 0 Å². The summed E-state index contributed by atoms with van der Waals surface area (Å²) < 4.78 is 0. The average Bonchev–Trinajstić information content (AvgIpc) is 2.82. The van der Waals surface area contributed by atoms with Crippen molar-refractivity contribution in [1.82, 2.24) is 4.90 Å². The highest BCUT2D eigenvalue weighted by molar-refractivity contribution is 5.88. The molecular weight excluding hydrogens is 262 g/mol. The second kappa shape index (κ2) is 6.37. The van der Waals surface area contributed by atoms with Gasteiger partial charge in [0.1, 0.15) is 6.04 Å². The van der Waals surface area contributed by atoms with Gasteiger partial charge in [-0.25, -0.2) is 0 Å². The molecule has 1 fully saturated rings. The van der Waals surface area contributed by atoms with Crippen LogP contribution >= 0.6 is 0 Å². The minimum Gasteiger partial charge on any atom is -0.381 e. The fraction of sp³-hybridized carbons (Fsp3) is 0.588. The van der Waals surface area contributed by atoms with E-state index in [0.29, 0.717) is 12.6 Å². The molecule has 4 nitrogen and oxygen atoms in total. The fourth-order valence-corrected chi connectivity index (χ4v) is 3.43. The number of fused-ring (bicyclic) bond motifs is 1. The van der Waals surface area contributed by atoms with Crippen LogP contribution < -0.4 is 10.6 Å². The lowest BCUT2D eigenvalue weighted by Gasteiger charge is -2.34. The van der Waals surface area contributed by atoms with Gasteiger partial charge in [0.2, 0.25) is 5.91 Å². The molecule has 0 radical (unpaired) electrons. The van der Waals surface area contributed by atoms with Gasteiger partial charge in [0.25, 0.3) is 0 Å². The van der Waals surface area contributed by atoms with Gasteiger partial charge in [0.15, 0.2) is 0 Å². The number of benzene rings is 1. The van der Waals surface area contributed by atoms with Gasteiger partial charge in [-0.1, -0.05) is 37.8 Å². The van der Waals surface area contributed by atoms with Gasteiger partial charge < -0.3 is 15.5 Å². The van der Waals surface area contributed by atoms with Gasteiger partial charge in [0.05, 0.1) is 11.4 Å². The maximum atomic E-state index is 12.7. The summed E-state index contributed by atoms with van der Waals surface area (Å²) in [6, 6.07) is 8.32. The van der Waals surface area contributed by atoms with Crippen LogP contribution in [0.1, 0.15) is 38.5 Å². The normalized spacial score (nSPS) is 22.4. The minimum absolute atomic E-state index is 0.159. The van der Waals surface area contributed by atoms with Crippen LogP contribution in [0.3, 0.4) is 0 Å². The summed E-state index contributed by atoms with van der Waals surface area (Å²) >= 11 is 0. The molecule has 1 aromatic rings. The van der Waals surface area contributed by atoms with Crippen molar-refractivity contribution < 1.29 is 4.79 Å². The van der Waals surface area contributed by atoms with Crippen LogP contribution in [0.2, 0.25) is 0 Å². The lowest BCUT2D eigenvalue weighted by molar-refractivity contribution is -0.132. The molecule has 114 valence electrons. The highest BCUT2D eigenvalue weighted by atomic mass is 16.2. The smallest absolute Gasteiger partial charge is 0.246 e. The van der Waals surface area contributed by atoms with E-state index in [1.807, 2.05) is 36.2 Å². The summed E-state index contributed by atoms with van der Waals surface area (Å²) in [5.74, 6) is 0.212. The third-order valence-corrected chi connectivity index (χ3v) is 4.77. The van der Waals surface area contributed by atoms with Crippen molar-refractivity contribution in [2.24, 2.45) is 0 Å². The SMILES string of the molecule is CN(C(=O)C1CNc2ccccc2N1)C1CCCCCC1. The van der Waals surface area contributed by atoms with Crippen LogP contribution in [-0.2, 0) is 4.79 Å². The maximum Gasteiger partial charge on any atom is 0.246 e. The van der Waals surface area contributed by atoms with E-state index in [1.54, 1.807) is 0 Å². The van der Waals surface area contributed by atoms with E-state index in [9.17, 15) is 4.79 Å².